The van der Waals surface area contributed by atoms with Gasteiger partial charge in [-0.1, -0.05) is 333 Å². The number of nitrogens with zero attached hydrogens (tertiary/aromatic N) is 2. The van der Waals surface area contributed by atoms with Crippen LogP contribution in [0.25, 0.3) is 0 Å². The van der Waals surface area contributed by atoms with Crippen LogP contribution < -0.4 is 9.13 Å². The Hall–Kier alpha value is -2.74. The fourth-order valence-corrected chi connectivity index (χ4v) is 13.9. The van der Waals surface area contributed by atoms with Gasteiger partial charge in [-0.2, -0.15) is 0 Å². The van der Waals surface area contributed by atoms with Crippen molar-refractivity contribution in [2.45, 2.75) is 451 Å². The Morgan fingerprint density at radius 1 is 0.211 bits per heavy atom. The average molecular weight is 1240 g/mol. The van der Waals surface area contributed by atoms with Gasteiger partial charge in [-0.3, -0.25) is 0 Å². The highest BCUT2D eigenvalue weighted by molar-refractivity contribution is 5.15. The predicted octanol–water partition coefficient (Wildman–Crippen LogP) is 29.6. The molecule has 2 nitrogen and oxygen atoms in total. The second-order valence-corrected chi connectivity index (χ2v) is 28.7. The van der Waals surface area contributed by atoms with Crippen LogP contribution in [0.5, 0.6) is 0 Å². The van der Waals surface area contributed by atoms with Gasteiger partial charge in [-0.25, -0.2) is 9.13 Å². The molecule has 2 aromatic rings. The molecule has 0 fully saturated rings. The molecule has 0 aliphatic heterocycles. The van der Waals surface area contributed by atoms with E-state index in [0.29, 0.717) is 11.8 Å². The van der Waals surface area contributed by atoms with E-state index >= 15 is 0 Å². The Kier molecular flexibility index (Phi) is 64.0. The SMILES string of the molecule is CCCCCCCC/C=C/CCCCCCCCC(CCCCCCCC/C=C/CCCCCCCC)c1cc[n+](CCCC[n+]2ccc(C(CCCCCCCC/C=C/CCCCCCCC)CCCCCCCC/C=C/CCCCCCCC)cc2)cc1. The first-order valence-electron chi connectivity index (χ1n) is 41.3. The summed E-state index contributed by atoms with van der Waals surface area (Å²) in [5, 5.41) is 0. The van der Waals surface area contributed by atoms with Gasteiger partial charge in [0.15, 0.2) is 24.8 Å². The van der Waals surface area contributed by atoms with Crippen LogP contribution in [0.3, 0.4) is 0 Å². The summed E-state index contributed by atoms with van der Waals surface area (Å²) in [6.07, 6.45) is 115. The molecule has 0 amide bonds. The summed E-state index contributed by atoms with van der Waals surface area (Å²) in [5.74, 6) is 1.43. The van der Waals surface area contributed by atoms with E-state index in [2.05, 4.69) is 134 Å². The maximum Gasteiger partial charge on any atom is 0.169 e. The Morgan fingerprint density at radius 2 is 0.378 bits per heavy atom. The van der Waals surface area contributed by atoms with Crippen LogP contribution in [0.15, 0.2) is 97.7 Å². The van der Waals surface area contributed by atoms with Crippen molar-refractivity contribution in [1.29, 1.82) is 0 Å². The third kappa shape index (κ3) is 55.7. The lowest BCUT2D eigenvalue weighted by Crippen LogP contribution is -2.35. The quantitative estimate of drug-likeness (QED) is 0.0354. The first-order chi connectivity index (χ1) is 44.7. The molecule has 0 bridgehead atoms. The van der Waals surface area contributed by atoms with Crippen molar-refractivity contribution in [3.8, 4) is 0 Å². The molecule has 2 rings (SSSR count). The monoisotopic (exact) mass is 1240 g/mol. The van der Waals surface area contributed by atoms with E-state index in [9.17, 15) is 0 Å². The van der Waals surface area contributed by atoms with E-state index < -0.39 is 0 Å². The van der Waals surface area contributed by atoms with E-state index in [0.717, 1.165) is 13.1 Å². The maximum atomic E-state index is 2.50. The maximum absolute atomic E-state index is 2.50. The van der Waals surface area contributed by atoms with Crippen LogP contribution in [0.1, 0.15) is 449 Å². The first kappa shape index (κ1) is 83.4. The van der Waals surface area contributed by atoms with Crippen molar-refractivity contribution >= 4 is 0 Å². The number of unbranched alkanes of at least 4 members (excludes halogenated alkanes) is 49. The van der Waals surface area contributed by atoms with E-state index in [1.165, 1.54) is 398 Å². The summed E-state index contributed by atoms with van der Waals surface area (Å²) in [4.78, 5) is 0. The number of hydrogen-bond acceptors (Lipinski definition) is 0. The van der Waals surface area contributed by atoms with Gasteiger partial charge in [0, 0.05) is 37.1 Å². The molecule has 2 heteroatoms. The van der Waals surface area contributed by atoms with Crippen LogP contribution in [0, 0.1) is 0 Å². The lowest BCUT2D eigenvalue weighted by Gasteiger charge is -2.17. The Labute approximate surface area is 565 Å². The van der Waals surface area contributed by atoms with Crippen molar-refractivity contribution < 1.29 is 9.13 Å². The fraction of sp³-hybridized carbons (Fsp3) is 0.795. The molecule has 0 saturated carbocycles. The Morgan fingerprint density at radius 3 is 0.567 bits per heavy atom. The lowest BCUT2D eigenvalue weighted by atomic mass is 9.88. The standard InChI is InChI=1S/C88H158N2/c1-5-9-13-17-21-25-29-33-37-41-45-49-53-57-61-65-71-85(72-66-62-58-54-50-46-42-38-34-30-26-22-18-14-10-6-2)87-75-81-89(82-76-87)79-69-70-80-90-83-77-88(78-84-90)86(73-67-63-59-55-51-47-43-39-35-31-27-23-19-15-11-7-3)74-68-64-60-56-52-48-44-40-36-32-28-24-20-16-12-8-4/h33-40,75-78,81-86H,5-32,41-74,79-80H2,1-4H3/q+2/b37-33+,38-34+,39-35+,40-36+. The number of pyridine rings is 2. The zero-order valence-corrected chi connectivity index (χ0v) is 61.5. The van der Waals surface area contributed by atoms with Crippen LogP contribution in [-0.2, 0) is 13.1 Å². The van der Waals surface area contributed by atoms with E-state index in [4.69, 9.17) is 0 Å². The van der Waals surface area contributed by atoms with Crippen molar-refractivity contribution in [2.24, 2.45) is 0 Å². The van der Waals surface area contributed by atoms with Gasteiger partial charge in [-0.15, -0.1) is 0 Å². The number of aryl methyl sites for hydroxylation is 2. The molecule has 90 heavy (non-hydrogen) atoms. The molecular weight excluding hydrogens is 1080 g/mol. The minimum Gasteiger partial charge on any atom is -0.205 e. The largest absolute Gasteiger partial charge is 0.205 e. The molecule has 0 radical (unpaired) electrons. The molecule has 0 saturated heterocycles. The van der Waals surface area contributed by atoms with Gasteiger partial charge >= 0.3 is 0 Å². The molecule has 0 aliphatic rings. The van der Waals surface area contributed by atoms with E-state index in [1.807, 2.05) is 0 Å². The van der Waals surface area contributed by atoms with Crippen LogP contribution in [0.2, 0.25) is 0 Å². The summed E-state index contributed by atoms with van der Waals surface area (Å²) >= 11 is 0. The van der Waals surface area contributed by atoms with Gasteiger partial charge in [0.05, 0.1) is 0 Å². The molecule has 0 unspecified atom stereocenters. The smallest absolute Gasteiger partial charge is 0.169 e. The molecule has 518 valence electrons. The molecular formula is C88H158N2+2. The first-order valence-corrected chi connectivity index (χ1v) is 41.3. The molecule has 0 N–H and O–H groups in total. The minimum absolute atomic E-state index is 0.714. The predicted molar refractivity (Wildman–Crippen MR) is 404 cm³/mol. The Balaban J connectivity index is 1.83. The summed E-state index contributed by atoms with van der Waals surface area (Å²) < 4.78 is 4.94. The third-order valence-corrected chi connectivity index (χ3v) is 20.1. The normalized spacial score (nSPS) is 12.2. The van der Waals surface area contributed by atoms with E-state index in [1.54, 1.807) is 11.1 Å². The molecule has 2 heterocycles. The highest BCUT2D eigenvalue weighted by Crippen LogP contribution is 2.30. The Bertz CT molecular complexity index is 1600. The van der Waals surface area contributed by atoms with Gasteiger partial charge in [-0.05, 0) is 151 Å². The van der Waals surface area contributed by atoms with Gasteiger partial charge in [0.25, 0.3) is 0 Å². The second-order valence-electron chi connectivity index (χ2n) is 28.7. The van der Waals surface area contributed by atoms with Crippen LogP contribution >= 0.6 is 0 Å². The molecule has 0 aromatic carbocycles. The van der Waals surface area contributed by atoms with Gasteiger partial charge in [0.2, 0.25) is 0 Å². The fourth-order valence-electron chi connectivity index (χ4n) is 13.9. The van der Waals surface area contributed by atoms with Crippen molar-refractivity contribution in [3.63, 3.8) is 0 Å². The number of aromatic nitrogens is 2. The molecule has 2 aromatic heterocycles. The number of rotatable bonds is 71. The van der Waals surface area contributed by atoms with Crippen LogP contribution in [0.4, 0.5) is 0 Å². The zero-order valence-electron chi connectivity index (χ0n) is 61.5. The zero-order chi connectivity index (χ0) is 64.0. The molecule has 0 atom stereocenters. The van der Waals surface area contributed by atoms with Crippen molar-refractivity contribution in [3.05, 3.63) is 109 Å². The molecule has 0 aliphatic carbocycles. The van der Waals surface area contributed by atoms with Crippen LogP contribution in [-0.4, -0.2) is 0 Å². The highest BCUT2D eigenvalue weighted by atomic mass is 14.9. The summed E-state index contributed by atoms with van der Waals surface area (Å²) in [6, 6.07) is 10.0. The third-order valence-electron chi connectivity index (χ3n) is 20.1. The average Bonchev–Trinajstić information content (AvgIpc) is 3.63. The summed E-state index contributed by atoms with van der Waals surface area (Å²) in [7, 11) is 0. The minimum atomic E-state index is 0.714. The van der Waals surface area contributed by atoms with Crippen molar-refractivity contribution in [2.75, 3.05) is 0 Å². The number of allylic oxidation sites excluding steroid dienone is 8. The van der Waals surface area contributed by atoms with Gasteiger partial charge < -0.3 is 0 Å². The summed E-state index contributed by atoms with van der Waals surface area (Å²) in [6.45, 7) is 11.5. The van der Waals surface area contributed by atoms with E-state index in [-0.39, 0.29) is 0 Å². The van der Waals surface area contributed by atoms with Gasteiger partial charge in [0.1, 0.15) is 13.1 Å². The molecule has 0 spiro atoms. The second kappa shape index (κ2) is 69.1. The number of hydrogen-bond donors (Lipinski definition) is 0. The highest BCUT2D eigenvalue weighted by Gasteiger charge is 2.16. The lowest BCUT2D eigenvalue weighted by molar-refractivity contribution is -0.708. The topological polar surface area (TPSA) is 7.76 Å². The van der Waals surface area contributed by atoms with Crippen molar-refractivity contribution in [1.82, 2.24) is 0 Å². The summed E-state index contributed by atoms with van der Waals surface area (Å²) in [5.41, 5.74) is 3.20.